The van der Waals surface area contributed by atoms with Crippen LogP contribution < -0.4 is 0 Å². The molecule has 0 fully saturated rings. The molecule has 0 spiro atoms. The van der Waals surface area contributed by atoms with E-state index in [9.17, 15) is 0 Å². The van der Waals surface area contributed by atoms with Crippen LogP contribution in [0.15, 0.2) is 0 Å². The summed E-state index contributed by atoms with van der Waals surface area (Å²) in [5, 5.41) is 0. The van der Waals surface area contributed by atoms with Crippen LogP contribution >= 0.6 is 0 Å². The van der Waals surface area contributed by atoms with Gasteiger partial charge in [-0.1, -0.05) is 0 Å². The Morgan fingerprint density at radius 2 is 0.700 bits per heavy atom. The van der Waals surface area contributed by atoms with Crippen molar-refractivity contribution in [2.24, 2.45) is 0 Å². The van der Waals surface area contributed by atoms with Crippen LogP contribution in [0.3, 0.4) is 0 Å². The average molecular weight is 436 g/mol. The predicted molar refractivity (Wildman–Crippen MR) is 119 cm³/mol. The number of rotatable bonds is 27. The third kappa shape index (κ3) is 27.7. The van der Waals surface area contributed by atoms with Gasteiger partial charge in [-0.05, 0) is 57.8 Å². The Bertz CT molecular complexity index is 265. The molecule has 0 heterocycles. The lowest BCUT2D eigenvalue weighted by atomic mass is 10.2. The molecule has 0 aliphatic carbocycles. The molecule has 7 nitrogen and oxygen atoms in total. The Kier molecular flexibility index (Phi) is 28.5. The highest BCUT2D eigenvalue weighted by Crippen LogP contribution is 2.00. The summed E-state index contributed by atoms with van der Waals surface area (Å²) >= 11 is 0. The zero-order chi connectivity index (χ0) is 21.8. The van der Waals surface area contributed by atoms with Crippen LogP contribution in [0.4, 0.5) is 0 Å². The molecule has 0 saturated carbocycles. The summed E-state index contributed by atoms with van der Waals surface area (Å²) in [7, 11) is 3.42. The number of methoxy groups -OCH3 is 2. The second-order valence-electron chi connectivity index (χ2n) is 7.03. The Labute approximate surface area is 185 Å². The van der Waals surface area contributed by atoms with Crippen molar-refractivity contribution >= 4 is 0 Å². The van der Waals surface area contributed by atoms with E-state index in [0.29, 0.717) is 0 Å². The van der Waals surface area contributed by atoms with Crippen LogP contribution in [0.2, 0.25) is 0 Å². The van der Waals surface area contributed by atoms with E-state index in [0.717, 1.165) is 131 Å². The first kappa shape index (κ1) is 29.7. The maximum Gasteiger partial charge on any atom is 0.0488 e. The van der Waals surface area contributed by atoms with Gasteiger partial charge in [0.2, 0.25) is 0 Å². The van der Waals surface area contributed by atoms with Crippen LogP contribution in [-0.4, -0.2) is 93.5 Å². The first-order valence-corrected chi connectivity index (χ1v) is 11.6. The van der Waals surface area contributed by atoms with Crippen molar-refractivity contribution in [3.05, 3.63) is 6.42 Å². The Balaban J connectivity index is 2.97. The average Bonchev–Trinajstić information content (AvgIpc) is 2.76. The number of ether oxygens (including phenoxy) is 7. The number of unbranched alkanes of at least 4 members (excludes halogenated alkanes) is 3. The molecule has 0 N–H and O–H groups in total. The van der Waals surface area contributed by atoms with Crippen LogP contribution in [0.1, 0.15) is 51.4 Å². The zero-order valence-electron chi connectivity index (χ0n) is 19.6. The van der Waals surface area contributed by atoms with Gasteiger partial charge >= 0.3 is 0 Å². The third-order valence-electron chi connectivity index (χ3n) is 4.17. The third-order valence-corrected chi connectivity index (χ3v) is 4.17. The van der Waals surface area contributed by atoms with Crippen molar-refractivity contribution in [1.29, 1.82) is 0 Å². The predicted octanol–water partition coefficient (Wildman–Crippen LogP) is 3.69. The topological polar surface area (TPSA) is 64.6 Å². The van der Waals surface area contributed by atoms with Gasteiger partial charge in [0.05, 0.1) is 0 Å². The molecular formula is C23H47O7. The maximum atomic E-state index is 5.63. The van der Waals surface area contributed by atoms with E-state index >= 15 is 0 Å². The van der Waals surface area contributed by atoms with Gasteiger partial charge in [0, 0.05) is 93.5 Å². The SMILES string of the molecule is COCCCOCCCOCC[CH]CCCOCCCOCCCOCCCOC. The van der Waals surface area contributed by atoms with E-state index in [1.807, 2.05) is 0 Å². The smallest absolute Gasteiger partial charge is 0.0488 e. The van der Waals surface area contributed by atoms with Gasteiger partial charge < -0.3 is 33.2 Å². The summed E-state index contributed by atoms with van der Waals surface area (Å²) in [6.45, 7) is 9.22. The van der Waals surface area contributed by atoms with Crippen molar-refractivity contribution < 1.29 is 33.2 Å². The lowest BCUT2D eigenvalue weighted by Gasteiger charge is -2.07. The van der Waals surface area contributed by atoms with Gasteiger partial charge in [0.15, 0.2) is 0 Å². The second kappa shape index (κ2) is 28.7. The minimum atomic E-state index is 0.753. The standard InChI is InChI=1S/C23H47O7/c1-24-12-7-16-28-20-9-18-26-14-5-3-4-6-15-27-19-10-22-30-23-11-21-29-17-8-13-25-2/h3H,4-23H2,1-2H3. The van der Waals surface area contributed by atoms with Gasteiger partial charge in [-0.2, -0.15) is 0 Å². The summed E-state index contributed by atoms with van der Waals surface area (Å²) < 4.78 is 37.7. The molecule has 0 rings (SSSR count). The highest BCUT2D eigenvalue weighted by Gasteiger charge is 1.95. The molecule has 0 aromatic heterocycles. The Morgan fingerprint density at radius 3 is 1.10 bits per heavy atom. The van der Waals surface area contributed by atoms with Gasteiger partial charge in [0.25, 0.3) is 0 Å². The molecule has 0 aliphatic heterocycles. The fourth-order valence-electron chi connectivity index (χ4n) is 2.55. The van der Waals surface area contributed by atoms with Crippen LogP contribution in [-0.2, 0) is 33.2 Å². The van der Waals surface area contributed by atoms with E-state index < -0.39 is 0 Å². The molecule has 0 unspecified atom stereocenters. The first-order chi connectivity index (χ1) is 14.9. The molecule has 0 amide bonds. The molecule has 30 heavy (non-hydrogen) atoms. The van der Waals surface area contributed by atoms with Crippen LogP contribution in [0, 0.1) is 6.42 Å². The van der Waals surface area contributed by atoms with E-state index in [1.54, 1.807) is 14.2 Å². The van der Waals surface area contributed by atoms with Crippen LogP contribution in [0.25, 0.3) is 0 Å². The fraction of sp³-hybridized carbons (Fsp3) is 0.957. The Morgan fingerprint density at radius 1 is 0.367 bits per heavy atom. The van der Waals surface area contributed by atoms with Crippen molar-refractivity contribution in [3.8, 4) is 0 Å². The fourth-order valence-corrected chi connectivity index (χ4v) is 2.55. The maximum absolute atomic E-state index is 5.63. The second-order valence-corrected chi connectivity index (χ2v) is 7.03. The quantitative estimate of drug-likeness (QED) is 0.182. The van der Waals surface area contributed by atoms with Gasteiger partial charge in [-0.3, -0.25) is 0 Å². The van der Waals surface area contributed by atoms with Crippen molar-refractivity contribution in [2.75, 3.05) is 93.5 Å². The van der Waals surface area contributed by atoms with Crippen molar-refractivity contribution in [2.45, 2.75) is 51.4 Å². The van der Waals surface area contributed by atoms with E-state index in [4.69, 9.17) is 33.2 Å². The molecule has 0 aliphatic rings. The molecule has 1 radical (unpaired) electrons. The normalized spacial score (nSPS) is 11.4. The molecule has 0 aromatic rings. The lowest BCUT2D eigenvalue weighted by molar-refractivity contribution is 0.0578. The largest absolute Gasteiger partial charge is 0.385 e. The van der Waals surface area contributed by atoms with Crippen molar-refractivity contribution in [1.82, 2.24) is 0 Å². The van der Waals surface area contributed by atoms with Gasteiger partial charge in [0.1, 0.15) is 0 Å². The van der Waals surface area contributed by atoms with E-state index in [1.165, 1.54) is 0 Å². The van der Waals surface area contributed by atoms with Gasteiger partial charge in [-0.25, -0.2) is 0 Å². The lowest BCUT2D eigenvalue weighted by Crippen LogP contribution is -2.06. The Hall–Kier alpha value is -0.280. The monoisotopic (exact) mass is 435 g/mol. The molecule has 181 valence electrons. The van der Waals surface area contributed by atoms with E-state index in [2.05, 4.69) is 6.42 Å². The molecule has 0 saturated heterocycles. The first-order valence-electron chi connectivity index (χ1n) is 11.6. The number of hydrogen-bond acceptors (Lipinski definition) is 7. The highest BCUT2D eigenvalue weighted by atomic mass is 16.5. The summed E-state index contributed by atoms with van der Waals surface area (Å²) in [5.74, 6) is 0. The van der Waals surface area contributed by atoms with Crippen molar-refractivity contribution in [3.63, 3.8) is 0 Å². The molecule has 0 bridgehead atoms. The summed E-state index contributed by atoms with van der Waals surface area (Å²) in [6.07, 6.45) is 10.2. The molecule has 7 heteroatoms. The summed E-state index contributed by atoms with van der Waals surface area (Å²) in [5.41, 5.74) is 0. The number of hydrogen-bond donors (Lipinski definition) is 0. The molecule has 0 atom stereocenters. The highest BCUT2D eigenvalue weighted by molar-refractivity contribution is 4.63. The summed E-state index contributed by atoms with van der Waals surface area (Å²) in [6, 6.07) is 0. The minimum absolute atomic E-state index is 0.753. The summed E-state index contributed by atoms with van der Waals surface area (Å²) in [4.78, 5) is 0. The molecular weight excluding hydrogens is 388 g/mol. The van der Waals surface area contributed by atoms with E-state index in [-0.39, 0.29) is 0 Å². The van der Waals surface area contributed by atoms with Crippen LogP contribution in [0.5, 0.6) is 0 Å². The minimum Gasteiger partial charge on any atom is -0.385 e. The van der Waals surface area contributed by atoms with Gasteiger partial charge in [-0.15, -0.1) is 0 Å². The molecule has 0 aromatic carbocycles. The zero-order valence-corrected chi connectivity index (χ0v) is 19.6.